The Bertz CT molecular complexity index is 729. The Balaban J connectivity index is 2.32. The molecular formula is C20H25FN2O4. The highest BCUT2D eigenvalue weighted by Crippen LogP contribution is 2.27. The molecule has 1 fully saturated rings. The lowest BCUT2D eigenvalue weighted by Crippen LogP contribution is -2.51. The molecule has 0 radical (unpaired) electrons. The van der Waals surface area contributed by atoms with Gasteiger partial charge in [0.05, 0.1) is 6.54 Å². The standard InChI is InChI=1S/C20H25FN2O4/c1-5-11-20(21)14-22(18(26)27-19(2,3)4)12-13-23(17(20)25)16(24)15-9-7-6-8-10-15/h5-10H,1,11-14H2,2-4H3/t20-/m0/s1. The van der Waals surface area contributed by atoms with E-state index >= 15 is 4.39 Å². The van der Waals surface area contributed by atoms with E-state index in [-0.39, 0.29) is 25.1 Å². The van der Waals surface area contributed by atoms with Crippen molar-refractivity contribution in [3.8, 4) is 0 Å². The van der Waals surface area contributed by atoms with Gasteiger partial charge >= 0.3 is 6.09 Å². The number of rotatable bonds is 3. The van der Waals surface area contributed by atoms with Crippen LogP contribution in [0, 0.1) is 0 Å². The summed E-state index contributed by atoms with van der Waals surface area (Å²) in [6, 6.07) is 8.17. The highest BCUT2D eigenvalue weighted by molar-refractivity contribution is 6.07. The predicted octanol–water partition coefficient (Wildman–Crippen LogP) is 3.19. The molecule has 1 heterocycles. The van der Waals surface area contributed by atoms with Crippen LogP contribution in [0.1, 0.15) is 37.6 Å². The number of amides is 3. The third-order valence-corrected chi connectivity index (χ3v) is 4.05. The normalized spacial score (nSPS) is 20.8. The van der Waals surface area contributed by atoms with E-state index in [2.05, 4.69) is 6.58 Å². The number of alkyl halides is 1. The average Bonchev–Trinajstić information content (AvgIpc) is 2.72. The Morgan fingerprint density at radius 3 is 2.44 bits per heavy atom. The molecule has 1 aromatic carbocycles. The third kappa shape index (κ3) is 4.93. The van der Waals surface area contributed by atoms with E-state index in [1.54, 1.807) is 51.1 Å². The van der Waals surface area contributed by atoms with Gasteiger partial charge < -0.3 is 9.64 Å². The van der Waals surface area contributed by atoms with Crippen molar-refractivity contribution in [2.75, 3.05) is 19.6 Å². The first-order valence-corrected chi connectivity index (χ1v) is 8.76. The monoisotopic (exact) mass is 376 g/mol. The third-order valence-electron chi connectivity index (χ3n) is 4.05. The molecule has 0 bridgehead atoms. The number of hydrogen-bond acceptors (Lipinski definition) is 4. The van der Waals surface area contributed by atoms with E-state index < -0.39 is 35.7 Å². The number of benzene rings is 1. The number of carbonyl (C=O) groups excluding carboxylic acids is 3. The van der Waals surface area contributed by atoms with E-state index in [1.807, 2.05) is 0 Å². The van der Waals surface area contributed by atoms with Crippen molar-refractivity contribution in [3.63, 3.8) is 0 Å². The lowest BCUT2D eigenvalue weighted by Gasteiger charge is -2.29. The Labute approximate surface area is 158 Å². The fourth-order valence-corrected chi connectivity index (χ4v) is 2.81. The first-order chi connectivity index (χ1) is 12.6. The summed E-state index contributed by atoms with van der Waals surface area (Å²) in [5, 5.41) is 0. The number of ether oxygens (including phenoxy) is 1. The Morgan fingerprint density at radius 1 is 1.26 bits per heavy atom. The predicted molar refractivity (Wildman–Crippen MR) is 98.9 cm³/mol. The van der Waals surface area contributed by atoms with Gasteiger partial charge in [0, 0.05) is 25.1 Å². The smallest absolute Gasteiger partial charge is 0.410 e. The van der Waals surface area contributed by atoms with Gasteiger partial charge in [-0.3, -0.25) is 14.5 Å². The quantitative estimate of drug-likeness (QED) is 0.600. The van der Waals surface area contributed by atoms with E-state index in [4.69, 9.17) is 4.74 Å². The maximum absolute atomic E-state index is 15.5. The second-order valence-corrected chi connectivity index (χ2v) is 7.49. The zero-order valence-corrected chi connectivity index (χ0v) is 15.9. The molecule has 0 unspecified atom stereocenters. The molecule has 2 rings (SSSR count). The van der Waals surface area contributed by atoms with Crippen LogP contribution < -0.4 is 0 Å². The molecular weight excluding hydrogens is 351 g/mol. The van der Waals surface area contributed by atoms with Crippen molar-refractivity contribution in [2.45, 2.75) is 38.5 Å². The molecule has 1 aliphatic rings. The molecule has 1 aromatic rings. The molecule has 3 amide bonds. The molecule has 0 aromatic heterocycles. The van der Waals surface area contributed by atoms with Crippen molar-refractivity contribution in [1.29, 1.82) is 0 Å². The fraction of sp³-hybridized carbons (Fsp3) is 0.450. The van der Waals surface area contributed by atoms with Crippen LogP contribution in [0.15, 0.2) is 43.0 Å². The van der Waals surface area contributed by atoms with Gasteiger partial charge in [-0.2, -0.15) is 0 Å². The van der Waals surface area contributed by atoms with Crippen LogP contribution in [-0.2, 0) is 9.53 Å². The van der Waals surface area contributed by atoms with Crippen LogP contribution in [0.5, 0.6) is 0 Å². The van der Waals surface area contributed by atoms with Crippen LogP contribution in [0.2, 0.25) is 0 Å². The van der Waals surface area contributed by atoms with Gasteiger partial charge in [-0.15, -0.1) is 6.58 Å². The van der Waals surface area contributed by atoms with Crippen molar-refractivity contribution in [1.82, 2.24) is 9.80 Å². The first kappa shape index (κ1) is 20.6. The van der Waals surface area contributed by atoms with E-state index in [1.165, 1.54) is 6.08 Å². The Kier molecular flexibility index (Phi) is 6.03. The lowest BCUT2D eigenvalue weighted by molar-refractivity contribution is -0.140. The fourth-order valence-electron chi connectivity index (χ4n) is 2.81. The van der Waals surface area contributed by atoms with Crippen molar-refractivity contribution in [2.24, 2.45) is 0 Å². The van der Waals surface area contributed by atoms with Gasteiger partial charge in [0.25, 0.3) is 11.8 Å². The van der Waals surface area contributed by atoms with E-state index in [9.17, 15) is 14.4 Å². The van der Waals surface area contributed by atoms with E-state index in [0.29, 0.717) is 0 Å². The summed E-state index contributed by atoms with van der Waals surface area (Å²) in [6.07, 6.45) is 0.223. The first-order valence-electron chi connectivity index (χ1n) is 8.76. The summed E-state index contributed by atoms with van der Waals surface area (Å²) >= 11 is 0. The van der Waals surface area contributed by atoms with Gasteiger partial charge in [-0.25, -0.2) is 9.18 Å². The molecule has 1 aliphatic heterocycles. The Morgan fingerprint density at radius 2 is 1.89 bits per heavy atom. The minimum atomic E-state index is -2.44. The topological polar surface area (TPSA) is 66.9 Å². The van der Waals surface area contributed by atoms with Crippen LogP contribution in [0.3, 0.4) is 0 Å². The molecule has 0 spiro atoms. The number of nitrogens with zero attached hydrogens (tertiary/aromatic N) is 2. The van der Waals surface area contributed by atoms with Crippen LogP contribution >= 0.6 is 0 Å². The van der Waals surface area contributed by atoms with Gasteiger partial charge in [-0.1, -0.05) is 24.3 Å². The molecule has 0 aliphatic carbocycles. The largest absolute Gasteiger partial charge is 0.444 e. The highest BCUT2D eigenvalue weighted by atomic mass is 19.1. The van der Waals surface area contributed by atoms with Crippen LogP contribution in [0.4, 0.5) is 9.18 Å². The second-order valence-electron chi connectivity index (χ2n) is 7.49. The van der Waals surface area contributed by atoms with Crippen LogP contribution in [-0.4, -0.2) is 58.6 Å². The summed E-state index contributed by atoms with van der Waals surface area (Å²) in [5.74, 6) is -1.57. The SMILES string of the molecule is C=CC[C@]1(F)CN(C(=O)OC(C)(C)C)CCN(C(=O)c2ccccc2)C1=O. The molecule has 1 saturated heterocycles. The molecule has 0 N–H and O–H groups in total. The van der Waals surface area contributed by atoms with Crippen molar-refractivity contribution >= 4 is 17.9 Å². The second kappa shape index (κ2) is 7.90. The number of allylic oxidation sites excluding steroid dienone is 1. The number of imide groups is 1. The van der Waals surface area contributed by atoms with Gasteiger partial charge in [0.2, 0.25) is 5.67 Å². The number of halogens is 1. The lowest BCUT2D eigenvalue weighted by atomic mass is 9.99. The summed E-state index contributed by atoms with van der Waals surface area (Å²) < 4.78 is 20.8. The minimum Gasteiger partial charge on any atom is -0.444 e. The zero-order valence-electron chi connectivity index (χ0n) is 15.9. The molecule has 0 saturated carbocycles. The zero-order chi connectivity index (χ0) is 20.2. The number of hydrogen-bond donors (Lipinski definition) is 0. The highest BCUT2D eigenvalue weighted by Gasteiger charge is 2.48. The minimum absolute atomic E-state index is 0.0119. The molecule has 1 atom stereocenters. The van der Waals surface area contributed by atoms with Crippen molar-refractivity contribution in [3.05, 3.63) is 48.6 Å². The van der Waals surface area contributed by atoms with Crippen molar-refractivity contribution < 1.29 is 23.5 Å². The maximum atomic E-state index is 15.5. The van der Waals surface area contributed by atoms with E-state index in [0.717, 1.165) is 9.80 Å². The Hall–Kier alpha value is -2.70. The molecule has 7 heteroatoms. The number of carbonyl (C=O) groups is 3. The summed E-state index contributed by atoms with van der Waals surface area (Å²) in [6.45, 7) is 7.97. The molecule has 27 heavy (non-hydrogen) atoms. The van der Waals surface area contributed by atoms with Gasteiger partial charge in [-0.05, 0) is 32.9 Å². The van der Waals surface area contributed by atoms with Gasteiger partial charge in [0.1, 0.15) is 5.60 Å². The maximum Gasteiger partial charge on any atom is 0.410 e. The summed E-state index contributed by atoms with van der Waals surface area (Å²) in [4.78, 5) is 40.0. The molecule has 6 nitrogen and oxygen atoms in total. The summed E-state index contributed by atoms with van der Waals surface area (Å²) in [5.41, 5.74) is -2.93. The summed E-state index contributed by atoms with van der Waals surface area (Å²) in [7, 11) is 0. The van der Waals surface area contributed by atoms with Gasteiger partial charge in [0.15, 0.2) is 0 Å². The average molecular weight is 376 g/mol. The molecule has 146 valence electrons. The van der Waals surface area contributed by atoms with Crippen LogP contribution in [0.25, 0.3) is 0 Å².